The molecule has 6 heteroatoms. The molecule has 0 saturated carbocycles. The Hall–Kier alpha value is -1.01. The van der Waals surface area contributed by atoms with Crippen LogP contribution in [0.5, 0.6) is 0 Å². The molecule has 106 valence electrons. The molecule has 0 aliphatic carbocycles. The summed E-state index contributed by atoms with van der Waals surface area (Å²) >= 11 is 1.48. The zero-order valence-electron chi connectivity index (χ0n) is 11.6. The fraction of sp³-hybridized carbons (Fsp3) is 0.692. The number of hydrogen-bond acceptors (Lipinski definition) is 4. The molecular formula is C13H21N3O2S. The van der Waals surface area contributed by atoms with E-state index in [0.29, 0.717) is 0 Å². The van der Waals surface area contributed by atoms with Crippen LogP contribution in [-0.4, -0.2) is 51.4 Å². The number of carbonyl (C=O) groups is 1. The maximum atomic E-state index is 11.3. The van der Waals surface area contributed by atoms with Crippen molar-refractivity contribution in [3.63, 3.8) is 0 Å². The highest BCUT2D eigenvalue weighted by molar-refractivity contribution is 7.98. The Bertz CT molecular complexity index is 453. The number of nitrogens with zero attached hydrogens (tertiary/aromatic N) is 3. The van der Waals surface area contributed by atoms with E-state index in [1.807, 2.05) is 17.9 Å². The first kappa shape index (κ1) is 14.4. The minimum atomic E-state index is -0.926. The van der Waals surface area contributed by atoms with Crippen LogP contribution in [0.1, 0.15) is 35.4 Å². The van der Waals surface area contributed by atoms with Crippen LogP contribution in [0.2, 0.25) is 0 Å². The number of aromatic nitrogens is 2. The van der Waals surface area contributed by atoms with Gasteiger partial charge in [0.25, 0.3) is 0 Å². The standard InChI is InChI=1S/C13H21N3O2S/c1-15-10(6-9-16-7-4-3-5-8-16)11(12(17)18)14-13(15)19-2/h3-9H2,1-2H3,(H,17,18). The fourth-order valence-electron chi connectivity index (χ4n) is 2.60. The Morgan fingerprint density at radius 1 is 1.37 bits per heavy atom. The number of aromatic carboxylic acids is 1. The third kappa shape index (κ3) is 3.30. The molecule has 0 amide bonds. The molecule has 1 N–H and O–H groups in total. The normalized spacial score (nSPS) is 16.7. The van der Waals surface area contributed by atoms with Gasteiger partial charge in [0.1, 0.15) is 0 Å². The molecule has 1 aromatic heterocycles. The molecule has 1 fully saturated rings. The van der Waals surface area contributed by atoms with Gasteiger partial charge in [0, 0.05) is 20.0 Å². The third-order valence-corrected chi connectivity index (χ3v) is 4.40. The minimum Gasteiger partial charge on any atom is -0.476 e. The first-order chi connectivity index (χ1) is 9.13. The van der Waals surface area contributed by atoms with Crippen molar-refractivity contribution in [2.24, 2.45) is 7.05 Å². The average molecular weight is 283 g/mol. The van der Waals surface area contributed by atoms with Crippen LogP contribution in [0.4, 0.5) is 0 Å². The van der Waals surface area contributed by atoms with Gasteiger partial charge < -0.3 is 14.6 Å². The van der Waals surface area contributed by atoms with Crippen molar-refractivity contribution >= 4 is 17.7 Å². The predicted molar refractivity (Wildman–Crippen MR) is 75.9 cm³/mol. The van der Waals surface area contributed by atoms with E-state index in [0.717, 1.165) is 36.9 Å². The van der Waals surface area contributed by atoms with E-state index < -0.39 is 5.97 Å². The summed E-state index contributed by atoms with van der Waals surface area (Å²) in [4.78, 5) is 17.9. The van der Waals surface area contributed by atoms with Crippen molar-refractivity contribution in [2.45, 2.75) is 30.8 Å². The Balaban J connectivity index is 2.09. The summed E-state index contributed by atoms with van der Waals surface area (Å²) in [5.74, 6) is -0.926. The Morgan fingerprint density at radius 3 is 2.63 bits per heavy atom. The summed E-state index contributed by atoms with van der Waals surface area (Å²) in [5, 5.41) is 10.0. The third-order valence-electron chi connectivity index (χ3n) is 3.67. The van der Waals surface area contributed by atoms with Gasteiger partial charge in [-0.2, -0.15) is 0 Å². The van der Waals surface area contributed by atoms with Gasteiger partial charge in [0.2, 0.25) is 0 Å². The van der Waals surface area contributed by atoms with E-state index in [2.05, 4.69) is 9.88 Å². The van der Waals surface area contributed by atoms with Gasteiger partial charge in [-0.1, -0.05) is 18.2 Å². The topological polar surface area (TPSA) is 58.4 Å². The lowest BCUT2D eigenvalue weighted by molar-refractivity contribution is 0.0689. The fourth-order valence-corrected chi connectivity index (χ4v) is 3.16. The Morgan fingerprint density at radius 2 is 2.05 bits per heavy atom. The summed E-state index contributed by atoms with van der Waals surface area (Å²) in [6.07, 6.45) is 6.51. The largest absolute Gasteiger partial charge is 0.476 e. The summed E-state index contributed by atoms with van der Waals surface area (Å²) in [6, 6.07) is 0. The van der Waals surface area contributed by atoms with Gasteiger partial charge in [-0.25, -0.2) is 9.78 Å². The average Bonchev–Trinajstić information content (AvgIpc) is 2.74. The highest BCUT2D eigenvalue weighted by Gasteiger charge is 2.20. The van der Waals surface area contributed by atoms with Crippen LogP contribution in [-0.2, 0) is 13.5 Å². The lowest BCUT2D eigenvalue weighted by Gasteiger charge is -2.26. The zero-order valence-corrected chi connectivity index (χ0v) is 12.4. The molecule has 0 spiro atoms. The van der Waals surface area contributed by atoms with E-state index in [9.17, 15) is 9.90 Å². The molecule has 1 aromatic rings. The van der Waals surface area contributed by atoms with Gasteiger partial charge in [-0.3, -0.25) is 0 Å². The molecule has 2 heterocycles. The number of rotatable bonds is 5. The quantitative estimate of drug-likeness (QED) is 0.836. The zero-order chi connectivity index (χ0) is 13.8. The van der Waals surface area contributed by atoms with E-state index in [1.54, 1.807) is 0 Å². The molecule has 0 bridgehead atoms. The van der Waals surface area contributed by atoms with Gasteiger partial charge in [0.05, 0.1) is 5.69 Å². The van der Waals surface area contributed by atoms with Crippen LogP contribution in [0, 0.1) is 0 Å². The molecular weight excluding hydrogens is 262 g/mol. The van der Waals surface area contributed by atoms with Crippen molar-refractivity contribution in [1.29, 1.82) is 0 Å². The van der Waals surface area contributed by atoms with E-state index >= 15 is 0 Å². The van der Waals surface area contributed by atoms with Crippen LogP contribution >= 0.6 is 11.8 Å². The molecule has 0 radical (unpaired) electrons. The monoisotopic (exact) mass is 283 g/mol. The highest BCUT2D eigenvalue weighted by Crippen LogP contribution is 2.19. The summed E-state index contributed by atoms with van der Waals surface area (Å²) in [7, 11) is 1.90. The van der Waals surface area contributed by atoms with E-state index in [1.165, 1.54) is 31.0 Å². The van der Waals surface area contributed by atoms with Gasteiger partial charge in [0.15, 0.2) is 10.9 Å². The lowest BCUT2D eigenvalue weighted by atomic mass is 10.1. The number of carboxylic acid groups (broad SMARTS) is 1. The van der Waals surface area contributed by atoms with E-state index in [4.69, 9.17) is 0 Å². The molecule has 0 atom stereocenters. The summed E-state index contributed by atoms with van der Waals surface area (Å²) in [5.41, 5.74) is 1.05. The van der Waals surface area contributed by atoms with Crippen LogP contribution < -0.4 is 0 Å². The van der Waals surface area contributed by atoms with Crippen LogP contribution in [0.3, 0.4) is 0 Å². The highest BCUT2D eigenvalue weighted by atomic mass is 32.2. The van der Waals surface area contributed by atoms with Crippen LogP contribution in [0.25, 0.3) is 0 Å². The predicted octanol–water partition coefficient (Wildman–Crippen LogP) is 1.87. The summed E-state index contributed by atoms with van der Waals surface area (Å²) in [6.45, 7) is 3.19. The molecule has 19 heavy (non-hydrogen) atoms. The Labute approximate surface area is 118 Å². The number of likely N-dealkylation sites (tertiary alicyclic amines) is 1. The van der Waals surface area contributed by atoms with Crippen molar-refractivity contribution < 1.29 is 9.90 Å². The second-order valence-electron chi connectivity index (χ2n) is 4.91. The van der Waals surface area contributed by atoms with E-state index in [-0.39, 0.29) is 5.69 Å². The molecule has 2 rings (SSSR count). The first-order valence-electron chi connectivity index (χ1n) is 6.68. The van der Waals surface area contributed by atoms with Crippen molar-refractivity contribution in [3.05, 3.63) is 11.4 Å². The number of piperidine rings is 1. The molecule has 0 aromatic carbocycles. The second kappa shape index (κ2) is 6.43. The Kier molecular flexibility index (Phi) is 4.87. The minimum absolute atomic E-state index is 0.212. The van der Waals surface area contributed by atoms with Gasteiger partial charge >= 0.3 is 5.97 Å². The second-order valence-corrected chi connectivity index (χ2v) is 5.68. The summed E-state index contributed by atoms with van der Waals surface area (Å²) < 4.78 is 1.91. The van der Waals surface area contributed by atoms with Crippen molar-refractivity contribution in [1.82, 2.24) is 14.5 Å². The number of imidazole rings is 1. The SMILES string of the molecule is CSc1nc(C(=O)O)c(CCN2CCCCC2)n1C. The molecule has 0 unspecified atom stereocenters. The first-order valence-corrected chi connectivity index (χ1v) is 7.91. The maximum absolute atomic E-state index is 11.3. The van der Waals surface area contributed by atoms with Crippen LogP contribution in [0.15, 0.2) is 5.16 Å². The number of carboxylic acids is 1. The number of thioether (sulfide) groups is 1. The smallest absolute Gasteiger partial charge is 0.356 e. The molecule has 1 aliphatic rings. The molecule has 5 nitrogen and oxygen atoms in total. The molecule has 1 saturated heterocycles. The van der Waals surface area contributed by atoms with Gasteiger partial charge in [-0.05, 0) is 32.2 Å². The number of hydrogen-bond donors (Lipinski definition) is 1. The van der Waals surface area contributed by atoms with Gasteiger partial charge in [-0.15, -0.1) is 0 Å². The van der Waals surface area contributed by atoms with Crippen molar-refractivity contribution in [2.75, 3.05) is 25.9 Å². The lowest BCUT2D eigenvalue weighted by Crippen LogP contribution is -2.32. The maximum Gasteiger partial charge on any atom is 0.356 e. The molecule has 1 aliphatic heterocycles. The van der Waals surface area contributed by atoms with Crippen molar-refractivity contribution in [3.8, 4) is 0 Å².